The van der Waals surface area contributed by atoms with Crippen molar-refractivity contribution in [1.29, 1.82) is 0 Å². The van der Waals surface area contributed by atoms with Crippen LogP contribution in [0.2, 0.25) is 0 Å². The van der Waals surface area contributed by atoms with Crippen LogP contribution in [0.1, 0.15) is 0 Å². The minimum absolute atomic E-state index is 0.188. The van der Waals surface area contributed by atoms with Crippen LogP contribution in [0.5, 0.6) is 0 Å². The molecule has 0 heterocycles. The minimum Gasteiger partial charge on any atom is -0.461 e. The lowest BCUT2D eigenvalue weighted by Gasteiger charge is -2.03. The molecule has 0 amide bonds. The third kappa shape index (κ3) is 3.55. The highest BCUT2D eigenvalue weighted by Gasteiger charge is 1.90. The molecule has 1 N–H and O–H groups in total. The van der Waals surface area contributed by atoms with Crippen LogP contribution in [0, 0.1) is 0 Å². The van der Waals surface area contributed by atoms with Crippen LogP contribution >= 0.6 is 0 Å². The molecule has 0 aromatic heterocycles. The monoisotopic (exact) mass is 126 g/mol. The van der Waals surface area contributed by atoms with Crippen molar-refractivity contribution in [2.45, 2.75) is 0 Å². The van der Waals surface area contributed by atoms with E-state index in [1.54, 1.807) is 0 Å². The van der Waals surface area contributed by atoms with Gasteiger partial charge >= 0.3 is 0 Å². The first kappa shape index (κ1) is 7.98. The van der Waals surface area contributed by atoms with Crippen molar-refractivity contribution in [2.75, 3.05) is 6.61 Å². The first-order valence-electron chi connectivity index (χ1n) is 2.48. The van der Waals surface area contributed by atoms with Crippen molar-refractivity contribution in [1.82, 2.24) is 0 Å². The maximum atomic E-state index is 8.38. The molecule has 9 heavy (non-hydrogen) atoms. The molecule has 0 saturated heterocycles. The van der Waals surface area contributed by atoms with Crippen molar-refractivity contribution >= 4 is 0 Å². The van der Waals surface area contributed by atoms with E-state index in [-0.39, 0.29) is 12.4 Å². The average Bonchev–Trinajstić information content (AvgIpc) is 1.87. The molecule has 2 heteroatoms. The number of aliphatic hydroxyl groups excluding tert-OH is 1. The third-order valence-corrected chi connectivity index (χ3v) is 0.679. The zero-order valence-corrected chi connectivity index (χ0v) is 5.26. The Kier molecular flexibility index (Phi) is 3.48. The molecule has 2 nitrogen and oxygen atoms in total. The molecule has 0 unspecified atom stereocenters. The predicted molar refractivity (Wildman–Crippen MR) is 36.6 cm³/mol. The predicted octanol–water partition coefficient (Wildman–Crippen LogP) is 1.21. The van der Waals surface area contributed by atoms with Crippen LogP contribution < -0.4 is 0 Å². The Balaban J connectivity index is 3.59. The lowest BCUT2D eigenvalue weighted by atomic mass is 10.5. The second-order valence-electron chi connectivity index (χ2n) is 1.47. The van der Waals surface area contributed by atoms with Crippen LogP contribution in [0.4, 0.5) is 0 Å². The summed E-state index contributed by atoms with van der Waals surface area (Å²) in [6.07, 6.45) is 1.45. The number of rotatable bonds is 4. The van der Waals surface area contributed by atoms with Crippen molar-refractivity contribution in [2.24, 2.45) is 0 Å². The summed E-state index contributed by atoms with van der Waals surface area (Å²) in [6, 6.07) is 0. The smallest absolute Gasteiger partial charge is 0.122 e. The largest absolute Gasteiger partial charge is 0.461 e. The van der Waals surface area contributed by atoms with Gasteiger partial charge in [-0.05, 0) is 6.08 Å². The fraction of sp³-hybridized carbons (Fsp3) is 0.143. The molecule has 0 radical (unpaired) electrons. The lowest BCUT2D eigenvalue weighted by molar-refractivity contribution is 0.224. The minimum atomic E-state index is -0.188. The van der Waals surface area contributed by atoms with Gasteiger partial charge in [-0.2, -0.15) is 0 Å². The number of hydrogen-bond donors (Lipinski definition) is 1. The lowest BCUT2D eigenvalue weighted by Crippen LogP contribution is -1.92. The molecule has 0 aromatic rings. The molecule has 0 aliphatic carbocycles. The Bertz CT molecular complexity index is 136. The summed E-state index contributed by atoms with van der Waals surface area (Å²) >= 11 is 0. The maximum absolute atomic E-state index is 8.38. The van der Waals surface area contributed by atoms with Crippen molar-refractivity contribution in [3.63, 3.8) is 0 Å². The molecule has 50 valence electrons. The standard InChI is InChI=1S/C7H10O2/c1-4-6(2)9-7(3)5-8/h4,8H,1-3,5H2. The Morgan fingerprint density at radius 1 is 1.56 bits per heavy atom. The van der Waals surface area contributed by atoms with Gasteiger partial charge in [0.2, 0.25) is 0 Å². The van der Waals surface area contributed by atoms with E-state index >= 15 is 0 Å². The van der Waals surface area contributed by atoms with Gasteiger partial charge in [0.25, 0.3) is 0 Å². The Morgan fingerprint density at radius 2 is 2.11 bits per heavy atom. The van der Waals surface area contributed by atoms with Gasteiger partial charge in [-0.15, -0.1) is 0 Å². The average molecular weight is 126 g/mol. The number of hydrogen-bond acceptors (Lipinski definition) is 2. The molecule has 0 rings (SSSR count). The number of aliphatic hydroxyl groups is 1. The van der Waals surface area contributed by atoms with Gasteiger partial charge in [0, 0.05) is 0 Å². The van der Waals surface area contributed by atoms with Gasteiger partial charge in [-0.1, -0.05) is 19.7 Å². The van der Waals surface area contributed by atoms with Gasteiger partial charge in [-0.25, -0.2) is 0 Å². The van der Waals surface area contributed by atoms with E-state index in [9.17, 15) is 0 Å². The Labute approximate surface area is 54.8 Å². The number of allylic oxidation sites excluding steroid dienone is 1. The normalized spacial score (nSPS) is 8.11. The van der Waals surface area contributed by atoms with Gasteiger partial charge in [0.15, 0.2) is 0 Å². The quantitative estimate of drug-likeness (QED) is 0.453. The highest BCUT2D eigenvalue weighted by Crippen LogP contribution is 2.00. The first-order valence-corrected chi connectivity index (χ1v) is 2.48. The van der Waals surface area contributed by atoms with E-state index in [4.69, 9.17) is 9.84 Å². The van der Waals surface area contributed by atoms with Crippen LogP contribution in [0.3, 0.4) is 0 Å². The molecule has 0 saturated carbocycles. The number of ether oxygens (including phenoxy) is 1. The van der Waals surface area contributed by atoms with Gasteiger partial charge in [0.05, 0.1) is 0 Å². The summed E-state index contributed by atoms with van der Waals surface area (Å²) in [5.41, 5.74) is 0. The van der Waals surface area contributed by atoms with Gasteiger partial charge < -0.3 is 9.84 Å². The van der Waals surface area contributed by atoms with Crippen LogP contribution in [0.25, 0.3) is 0 Å². The molecule has 0 aliphatic rings. The summed E-state index contributed by atoms with van der Waals surface area (Å²) in [7, 11) is 0. The van der Waals surface area contributed by atoms with E-state index in [1.807, 2.05) is 0 Å². The van der Waals surface area contributed by atoms with Crippen molar-refractivity contribution < 1.29 is 9.84 Å². The van der Waals surface area contributed by atoms with E-state index in [0.29, 0.717) is 5.76 Å². The zero-order chi connectivity index (χ0) is 7.28. The Hall–Kier alpha value is -1.02. The summed E-state index contributed by atoms with van der Waals surface area (Å²) in [5.74, 6) is 0.675. The van der Waals surface area contributed by atoms with Gasteiger partial charge in [-0.3, -0.25) is 0 Å². The van der Waals surface area contributed by atoms with E-state index in [1.165, 1.54) is 6.08 Å². The van der Waals surface area contributed by atoms with Crippen molar-refractivity contribution in [3.05, 3.63) is 37.3 Å². The second-order valence-corrected chi connectivity index (χ2v) is 1.47. The third-order valence-electron chi connectivity index (χ3n) is 0.679. The summed E-state index contributed by atoms with van der Waals surface area (Å²) in [4.78, 5) is 0. The summed E-state index contributed by atoms with van der Waals surface area (Å²) < 4.78 is 4.79. The summed E-state index contributed by atoms with van der Waals surface area (Å²) in [6.45, 7) is 10.0. The van der Waals surface area contributed by atoms with E-state index < -0.39 is 0 Å². The molecular weight excluding hydrogens is 116 g/mol. The fourth-order valence-corrected chi connectivity index (χ4v) is 0.259. The molecule has 0 atom stereocenters. The van der Waals surface area contributed by atoms with Gasteiger partial charge in [0.1, 0.15) is 18.1 Å². The molecule has 0 aromatic carbocycles. The second kappa shape index (κ2) is 3.92. The van der Waals surface area contributed by atoms with Crippen LogP contribution in [0.15, 0.2) is 37.3 Å². The van der Waals surface area contributed by atoms with E-state index in [2.05, 4.69) is 19.7 Å². The first-order chi connectivity index (χ1) is 4.20. The van der Waals surface area contributed by atoms with Crippen molar-refractivity contribution in [3.8, 4) is 0 Å². The Morgan fingerprint density at radius 3 is 2.44 bits per heavy atom. The molecule has 0 spiro atoms. The molecule has 0 fully saturated rings. The SMILES string of the molecule is C=CC(=C)OC(=C)CO. The highest BCUT2D eigenvalue weighted by molar-refractivity contribution is 5.05. The zero-order valence-electron chi connectivity index (χ0n) is 5.26. The molecule has 0 aliphatic heterocycles. The molecular formula is C7H10O2. The highest BCUT2D eigenvalue weighted by atomic mass is 16.5. The molecule has 0 bridgehead atoms. The van der Waals surface area contributed by atoms with Crippen LogP contribution in [-0.4, -0.2) is 11.7 Å². The van der Waals surface area contributed by atoms with E-state index in [0.717, 1.165) is 0 Å². The maximum Gasteiger partial charge on any atom is 0.122 e. The summed E-state index contributed by atoms with van der Waals surface area (Å²) in [5, 5.41) is 8.38. The fourth-order valence-electron chi connectivity index (χ4n) is 0.259. The topological polar surface area (TPSA) is 29.5 Å². The van der Waals surface area contributed by atoms with Crippen LogP contribution in [-0.2, 0) is 4.74 Å².